The van der Waals surface area contributed by atoms with Gasteiger partial charge in [-0.2, -0.15) is 0 Å². The Labute approximate surface area is 118 Å². The Kier molecular flexibility index (Phi) is 4.00. The van der Waals surface area contributed by atoms with Crippen molar-refractivity contribution in [1.82, 2.24) is 9.97 Å². The molecular formula is C13H13IN2O2. The fraction of sp³-hybridized carbons (Fsp3) is 0.231. The van der Waals surface area contributed by atoms with Crippen LogP contribution in [0.3, 0.4) is 0 Å². The van der Waals surface area contributed by atoms with Crippen LogP contribution in [-0.2, 0) is 6.42 Å². The summed E-state index contributed by atoms with van der Waals surface area (Å²) in [5, 5.41) is 9.25. The Morgan fingerprint density at radius 2 is 2.00 bits per heavy atom. The second-order valence-corrected chi connectivity index (χ2v) is 5.05. The quantitative estimate of drug-likeness (QED) is 0.832. The first-order valence-corrected chi connectivity index (χ1v) is 6.77. The number of hydrogen-bond donors (Lipinski definition) is 2. The van der Waals surface area contributed by atoms with Gasteiger partial charge in [0.25, 0.3) is 5.56 Å². The Morgan fingerprint density at radius 1 is 1.33 bits per heavy atom. The maximum Gasteiger partial charge on any atom is 0.264 e. The van der Waals surface area contributed by atoms with E-state index >= 15 is 0 Å². The fourth-order valence-electron chi connectivity index (χ4n) is 1.66. The topological polar surface area (TPSA) is 66.0 Å². The molecule has 0 spiro atoms. The van der Waals surface area contributed by atoms with Crippen molar-refractivity contribution in [2.45, 2.75) is 19.8 Å². The number of phenolic OH excluding ortho intramolecular Hbond substituents is 1. The van der Waals surface area contributed by atoms with Crippen LogP contribution in [0.2, 0.25) is 0 Å². The lowest BCUT2D eigenvalue weighted by Gasteiger charge is -2.06. The van der Waals surface area contributed by atoms with Gasteiger partial charge in [0.1, 0.15) is 11.6 Å². The Balaban J connectivity index is 2.51. The van der Waals surface area contributed by atoms with Gasteiger partial charge in [-0.1, -0.05) is 13.3 Å². The largest absolute Gasteiger partial charge is 0.508 e. The molecule has 0 unspecified atom stereocenters. The molecule has 0 atom stereocenters. The van der Waals surface area contributed by atoms with Crippen LogP contribution >= 0.6 is 22.6 Å². The summed E-state index contributed by atoms with van der Waals surface area (Å²) in [6.07, 6.45) is 1.73. The molecular weight excluding hydrogens is 343 g/mol. The normalized spacial score (nSPS) is 10.6. The first kappa shape index (κ1) is 13.1. The second-order valence-electron chi connectivity index (χ2n) is 3.97. The molecule has 0 fully saturated rings. The highest BCUT2D eigenvalue weighted by Gasteiger charge is 2.09. The molecule has 2 aromatic rings. The lowest BCUT2D eigenvalue weighted by atomic mass is 10.2. The van der Waals surface area contributed by atoms with Gasteiger partial charge in [-0.05, 0) is 53.3 Å². The standard InChI is InChI=1S/C13H13IN2O2/c1-2-3-10-11(14)13(18)16-12(15-10)8-4-6-9(17)7-5-8/h4-7,17H,2-3H2,1H3,(H,15,16,18). The molecule has 1 aromatic heterocycles. The molecule has 0 saturated heterocycles. The van der Waals surface area contributed by atoms with E-state index in [2.05, 4.69) is 16.9 Å². The number of nitrogens with one attached hydrogen (secondary N) is 1. The van der Waals surface area contributed by atoms with E-state index in [4.69, 9.17) is 0 Å². The minimum absolute atomic E-state index is 0.114. The zero-order valence-corrected chi connectivity index (χ0v) is 12.1. The molecule has 2 N–H and O–H groups in total. The van der Waals surface area contributed by atoms with E-state index in [-0.39, 0.29) is 11.3 Å². The number of phenols is 1. The lowest BCUT2D eigenvalue weighted by Crippen LogP contribution is -2.16. The summed E-state index contributed by atoms with van der Waals surface area (Å²) < 4.78 is 0.650. The second kappa shape index (κ2) is 5.51. The molecule has 18 heavy (non-hydrogen) atoms. The van der Waals surface area contributed by atoms with Crippen molar-refractivity contribution >= 4 is 22.6 Å². The van der Waals surface area contributed by atoms with Crippen molar-refractivity contribution in [3.63, 3.8) is 0 Å². The SMILES string of the molecule is CCCc1nc(-c2ccc(O)cc2)[nH]c(=O)c1I. The van der Waals surface area contributed by atoms with Gasteiger partial charge in [0.05, 0.1) is 9.26 Å². The predicted octanol–water partition coefficient (Wildman–Crippen LogP) is 2.70. The van der Waals surface area contributed by atoms with Crippen LogP contribution in [0.5, 0.6) is 5.75 Å². The van der Waals surface area contributed by atoms with Gasteiger partial charge in [0.2, 0.25) is 0 Å². The van der Waals surface area contributed by atoms with Crippen LogP contribution in [0.25, 0.3) is 11.4 Å². The van der Waals surface area contributed by atoms with E-state index < -0.39 is 0 Å². The maximum atomic E-state index is 11.8. The average molecular weight is 356 g/mol. The molecule has 0 saturated carbocycles. The lowest BCUT2D eigenvalue weighted by molar-refractivity contribution is 0.475. The zero-order chi connectivity index (χ0) is 13.1. The third-order valence-electron chi connectivity index (χ3n) is 2.56. The van der Waals surface area contributed by atoms with Crippen molar-refractivity contribution < 1.29 is 5.11 Å². The van der Waals surface area contributed by atoms with Crippen molar-refractivity contribution in [2.24, 2.45) is 0 Å². The molecule has 2 rings (SSSR count). The van der Waals surface area contributed by atoms with Gasteiger partial charge in [0, 0.05) is 5.56 Å². The minimum atomic E-state index is -0.114. The van der Waals surface area contributed by atoms with Gasteiger partial charge in [-0.3, -0.25) is 4.79 Å². The van der Waals surface area contributed by atoms with E-state index in [9.17, 15) is 9.90 Å². The molecule has 0 bridgehead atoms. The molecule has 0 radical (unpaired) electrons. The van der Waals surface area contributed by atoms with Crippen molar-refractivity contribution in [3.8, 4) is 17.1 Å². The van der Waals surface area contributed by atoms with Crippen molar-refractivity contribution in [3.05, 3.63) is 43.9 Å². The van der Waals surface area contributed by atoms with E-state index in [1.54, 1.807) is 24.3 Å². The summed E-state index contributed by atoms with van der Waals surface area (Å²) in [6, 6.07) is 6.62. The Morgan fingerprint density at radius 3 is 2.61 bits per heavy atom. The molecule has 1 aromatic carbocycles. The monoisotopic (exact) mass is 356 g/mol. The number of aromatic hydroxyl groups is 1. The molecule has 0 aliphatic rings. The summed E-state index contributed by atoms with van der Waals surface area (Å²) in [5.74, 6) is 0.740. The Hall–Kier alpha value is -1.37. The van der Waals surface area contributed by atoms with E-state index in [0.717, 1.165) is 24.1 Å². The van der Waals surface area contributed by atoms with Gasteiger partial charge >= 0.3 is 0 Å². The van der Waals surface area contributed by atoms with Crippen molar-refractivity contribution in [2.75, 3.05) is 0 Å². The number of aromatic nitrogens is 2. The zero-order valence-electron chi connectivity index (χ0n) is 9.90. The molecule has 0 aliphatic heterocycles. The highest BCUT2D eigenvalue weighted by atomic mass is 127. The van der Waals surface area contributed by atoms with Crippen LogP contribution < -0.4 is 5.56 Å². The molecule has 94 valence electrons. The van der Waals surface area contributed by atoms with Crippen LogP contribution in [0.4, 0.5) is 0 Å². The predicted molar refractivity (Wildman–Crippen MR) is 78.7 cm³/mol. The third-order valence-corrected chi connectivity index (χ3v) is 3.67. The number of benzene rings is 1. The van der Waals surface area contributed by atoms with E-state index in [1.807, 2.05) is 22.6 Å². The van der Waals surface area contributed by atoms with E-state index in [0.29, 0.717) is 9.39 Å². The molecule has 4 nitrogen and oxygen atoms in total. The summed E-state index contributed by atoms with van der Waals surface area (Å²) in [5.41, 5.74) is 1.50. The maximum absolute atomic E-state index is 11.8. The van der Waals surface area contributed by atoms with Gasteiger partial charge in [0.15, 0.2) is 0 Å². The van der Waals surface area contributed by atoms with Gasteiger partial charge in [-0.25, -0.2) is 4.98 Å². The van der Waals surface area contributed by atoms with Gasteiger partial charge < -0.3 is 10.1 Å². The highest BCUT2D eigenvalue weighted by Crippen LogP contribution is 2.19. The van der Waals surface area contributed by atoms with Crippen LogP contribution in [0.1, 0.15) is 19.0 Å². The van der Waals surface area contributed by atoms with Gasteiger partial charge in [-0.15, -0.1) is 0 Å². The molecule has 5 heteroatoms. The Bertz CT molecular complexity index is 605. The fourth-order valence-corrected chi connectivity index (χ4v) is 2.19. The van der Waals surface area contributed by atoms with E-state index in [1.165, 1.54) is 0 Å². The van der Waals surface area contributed by atoms with Crippen LogP contribution in [-0.4, -0.2) is 15.1 Å². The molecule has 1 heterocycles. The smallest absolute Gasteiger partial charge is 0.264 e. The third kappa shape index (κ3) is 2.72. The molecule has 0 aliphatic carbocycles. The van der Waals surface area contributed by atoms with Crippen LogP contribution in [0.15, 0.2) is 29.1 Å². The number of aromatic amines is 1. The average Bonchev–Trinajstić information content (AvgIpc) is 2.36. The number of hydrogen-bond acceptors (Lipinski definition) is 3. The molecule has 0 amide bonds. The number of halogens is 1. The minimum Gasteiger partial charge on any atom is -0.508 e. The number of H-pyrrole nitrogens is 1. The summed E-state index contributed by atoms with van der Waals surface area (Å²) in [7, 11) is 0. The van der Waals surface area contributed by atoms with Crippen LogP contribution in [0, 0.1) is 3.57 Å². The number of rotatable bonds is 3. The van der Waals surface area contributed by atoms with Crippen molar-refractivity contribution in [1.29, 1.82) is 0 Å². The summed E-state index contributed by atoms with van der Waals surface area (Å²) in [6.45, 7) is 2.05. The summed E-state index contributed by atoms with van der Waals surface area (Å²) in [4.78, 5) is 19.1. The number of nitrogens with zero attached hydrogens (tertiary/aromatic N) is 1. The summed E-state index contributed by atoms with van der Waals surface area (Å²) >= 11 is 2.02. The number of aryl methyl sites for hydroxylation is 1. The first-order valence-electron chi connectivity index (χ1n) is 5.70. The highest BCUT2D eigenvalue weighted by molar-refractivity contribution is 14.1. The first-order chi connectivity index (χ1) is 8.61.